The predicted octanol–water partition coefficient (Wildman–Crippen LogP) is 1.82. The number of hydrazine groups is 1. The third kappa shape index (κ3) is 4.01. The van der Waals surface area contributed by atoms with Crippen molar-refractivity contribution in [2.24, 2.45) is 0 Å². The van der Waals surface area contributed by atoms with Gasteiger partial charge in [-0.1, -0.05) is 0 Å². The van der Waals surface area contributed by atoms with Crippen molar-refractivity contribution < 1.29 is 14.1 Å². The summed E-state index contributed by atoms with van der Waals surface area (Å²) in [7, 11) is 0. The Labute approximate surface area is 124 Å². The summed E-state index contributed by atoms with van der Waals surface area (Å²) in [6, 6.07) is 8.77. The lowest BCUT2D eigenvalue weighted by Crippen LogP contribution is -2.43. The van der Waals surface area contributed by atoms with Gasteiger partial charge in [-0.05, 0) is 36.5 Å². The molecule has 21 heavy (non-hydrogen) atoms. The van der Waals surface area contributed by atoms with E-state index in [0.29, 0.717) is 5.69 Å². The van der Waals surface area contributed by atoms with E-state index in [-0.39, 0.29) is 16.6 Å². The minimum Gasteiger partial charge on any atom is -0.459 e. The molecule has 0 bridgehead atoms. The highest BCUT2D eigenvalue weighted by atomic mass is 32.1. The van der Waals surface area contributed by atoms with E-state index in [1.165, 1.54) is 36.6 Å². The van der Waals surface area contributed by atoms with E-state index >= 15 is 0 Å². The van der Waals surface area contributed by atoms with Gasteiger partial charge in [0.15, 0.2) is 10.9 Å². The smallest absolute Gasteiger partial charge is 0.305 e. The summed E-state index contributed by atoms with van der Waals surface area (Å²) in [4.78, 5) is 21.6. The lowest BCUT2D eigenvalue weighted by atomic mass is 10.3. The molecule has 108 valence electrons. The van der Waals surface area contributed by atoms with Gasteiger partial charge in [0.2, 0.25) is 0 Å². The van der Waals surface area contributed by atoms with Crippen molar-refractivity contribution in [1.29, 1.82) is 0 Å². The van der Waals surface area contributed by atoms with Crippen LogP contribution in [0.4, 0.5) is 11.4 Å². The zero-order valence-corrected chi connectivity index (χ0v) is 11.3. The predicted molar refractivity (Wildman–Crippen MR) is 78.6 cm³/mol. The van der Waals surface area contributed by atoms with Crippen LogP contribution in [0.2, 0.25) is 0 Å². The van der Waals surface area contributed by atoms with Crippen LogP contribution in [-0.2, 0) is 0 Å². The highest BCUT2D eigenvalue weighted by molar-refractivity contribution is 7.80. The molecule has 1 aromatic carbocycles. The zero-order valence-electron chi connectivity index (χ0n) is 10.5. The molecular weight excluding hydrogens is 296 g/mol. The van der Waals surface area contributed by atoms with E-state index in [1.807, 2.05) is 0 Å². The molecule has 1 aromatic heterocycles. The molecule has 1 heterocycles. The molecule has 2 rings (SSSR count). The van der Waals surface area contributed by atoms with Gasteiger partial charge < -0.3 is 9.73 Å². The number of furan rings is 1. The number of amides is 1. The molecule has 2 aromatic rings. The summed E-state index contributed by atoms with van der Waals surface area (Å²) in [5.41, 5.74) is 5.35. The van der Waals surface area contributed by atoms with Crippen LogP contribution in [0.25, 0.3) is 0 Å². The van der Waals surface area contributed by atoms with Gasteiger partial charge in [0, 0.05) is 17.8 Å². The van der Waals surface area contributed by atoms with Crippen LogP contribution in [0, 0.1) is 10.1 Å². The fourth-order valence-electron chi connectivity index (χ4n) is 1.41. The second-order valence-electron chi connectivity index (χ2n) is 3.81. The number of nitrogens with zero attached hydrogens (tertiary/aromatic N) is 1. The Balaban J connectivity index is 1.84. The number of carbonyl (C=O) groups excluding carboxylic acids is 1. The van der Waals surface area contributed by atoms with Crippen LogP contribution in [0.1, 0.15) is 10.6 Å². The number of hydrogen-bond donors (Lipinski definition) is 3. The number of nitro benzene ring substituents is 1. The van der Waals surface area contributed by atoms with Gasteiger partial charge in [-0.3, -0.25) is 25.8 Å². The van der Waals surface area contributed by atoms with E-state index in [4.69, 9.17) is 16.6 Å². The molecule has 0 atom stereocenters. The van der Waals surface area contributed by atoms with Crippen LogP contribution in [0.5, 0.6) is 0 Å². The summed E-state index contributed by atoms with van der Waals surface area (Å²) in [5, 5.41) is 13.4. The summed E-state index contributed by atoms with van der Waals surface area (Å²) < 4.78 is 4.90. The molecule has 0 unspecified atom stereocenters. The highest BCUT2D eigenvalue weighted by Crippen LogP contribution is 2.15. The maximum atomic E-state index is 11.6. The first-order valence-electron chi connectivity index (χ1n) is 5.71. The van der Waals surface area contributed by atoms with Crippen LogP contribution in [0.15, 0.2) is 47.1 Å². The highest BCUT2D eigenvalue weighted by Gasteiger charge is 2.08. The first kappa shape index (κ1) is 14.5. The van der Waals surface area contributed by atoms with Gasteiger partial charge in [0.1, 0.15) is 0 Å². The van der Waals surface area contributed by atoms with E-state index in [2.05, 4.69) is 16.2 Å². The molecule has 0 saturated heterocycles. The number of carbonyl (C=O) groups is 1. The van der Waals surface area contributed by atoms with Crippen LogP contribution in [-0.4, -0.2) is 15.9 Å². The third-order valence-electron chi connectivity index (χ3n) is 2.37. The second kappa shape index (κ2) is 6.48. The number of thiocarbonyl (C=S) groups is 1. The maximum Gasteiger partial charge on any atom is 0.305 e. The Morgan fingerprint density at radius 2 is 1.90 bits per heavy atom. The van der Waals surface area contributed by atoms with Crippen molar-refractivity contribution in [2.75, 3.05) is 5.32 Å². The standard InChI is InChI=1S/C12H10N4O4S/c17-11(10-2-1-7-20-10)14-15-12(21)13-8-3-5-9(6-4-8)16(18)19/h1-7H,(H,14,17)(H2,13,15,21). The fourth-order valence-corrected chi connectivity index (χ4v) is 1.58. The summed E-state index contributed by atoms with van der Waals surface area (Å²) in [5.74, 6) is -0.339. The summed E-state index contributed by atoms with van der Waals surface area (Å²) in [6.45, 7) is 0. The number of nitrogens with one attached hydrogen (secondary N) is 3. The van der Waals surface area contributed by atoms with Gasteiger partial charge in [-0.25, -0.2) is 0 Å². The van der Waals surface area contributed by atoms with E-state index in [9.17, 15) is 14.9 Å². The van der Waals surface area contributed by atoms with Crippen LogP contribution >= 0.6 is 12.2 Å². The Kier molecular flexibility index (Phi) is 4.46. The van der Waals surface area contributed by atoms with Crippen molar-refractivity contribution >= 4 is 34.6 Å². The van der Waals surface area contributed by atoms with Gasteiger partial charge in [0.05, 0.1) is 11.2 Å². The number of hydrogen-bond acceptors (Lipinski definition) is 5. The van der Waals surface area contributed by atoms with Crippen molar-refractivity contribution in [3.63, 3.8) is 0 Å². The first-order chi connectivity index (χ1) is 10.1. The molecule has 0 aliphatic carbocycles. The number of anilines is 1. The Bertz CT molecular complexity index is 654. The molecule has 3 N–H and O–H groups in total. The second-order valence-corrected chi connectivity index (χ2v) is 4.22. The number of benzene rings is 1. The molecule has 9 heteroatoms. The molecule has 0 saturated carbocycles. The zero-order chi connectivity index (χ0) is 15.2. The average Bonchev–Trinajstić information content (AvgIpc) is 2.99. The minimum atomic E-state index is -0.496. The van der Waals surface area contributed by atoms with Crippen LogP contribution < -0.4 is 16.2 Å². The number of rotatable bonds is 3. The maximum absolute atomic E-state index is 11.6. The van der Waals surface area contributed by atoms with Crippen molar-refractivity contribution in [3.05, 3.63) is 58.5 Å². The molecular formula is C12H10N4O4S. The lowest BCUT2D eigenvalue weighted by Gasteiger charge is -2.10. The SMILES string of the molecule is O=C(NNC(=S)Nc1ccc([N+](=O)[O-])cc1)c1ccco1. The fraction of sp³-hybridized carbons (Fsp3) is 0. The number of non-ortho nitro benzene ring substituents is 1. The molecule has 0 aliphatic rings. The van der Waals surface area contributed by atoms with Gasteiger partial charge in [-0.2, -0.15) is 0 Å². The third-order valence-corrected chi connectivity index (χ3v) is 2.57. The molecule has 1 amide bonds. The van der Waals surface area contributed by atoms with Crippen molar-refractivity contribution in [3.8, 4) is 0 Å². The van der Waals surface area contributed by atoms with Crippen LogP contribution in [0.3, 0.4) is 0 Å². The van der Waals surface area contributed by atoms with E-state index < -0.39 is 10.8 Å². The van der Waals surface area contributed by atoms with E-state index in [1.54, 1.807) is 6.07 Å². The van der Waals surface area contributed by atoms with Gasteiger partial charge in [-0.15, -0.1) is 0 Å². The van der Waals surface area contributed by atoms with E-state index in [0.717, 1.165) is 0 Å². The molecule has 0 aliphatic heterocycles. The van der Waals surface area contributed by atoms with Crippen molar-refractivity contribution in [2.45, 2.75) is 0 Å². The molecule has 8 nitrogen and oxygen atoms in total. The number of nitro groups is 1. The average molecular weight is 306 g/mol. The minimum absolute atomic E-state index is 0.0226. The molecule has 0 spiro atoms. The quantitative estimate of drug-likeness (QED) is 0.451. The van der Waals surface area contributed by atoms with Gasteiger partial charge in [0.25, 0.3) is 5.69 Å². The molecule has 0 radical (unpaired) electrons. The normalized spacial score (nSPS) is 9.71. The van der Waals surface area contributed by atoms with Gasteiger partial charge >= 0.3 is 5.91 Å². The molecule has 0 fully saturated rings. The first-order valence-corrected chi connectivity index (χ1v) is 6.12. The monoisotopic (exact) mass is 306 g/mol. The largest absolute Gasteiger partial charge is 0.459 e. The Morgan fingerprint density at radius 1 is 1.19 bits per heavy atom. The Morgan fingerprint density at radius 3 is 2.48 bits per heavy atom. The summed E-state index contributed by atoms with van der Waals surface area (Å²) >= 11 is 4.97. The summed E-state index contributed by atoms with van der Waals surface area (Å²) in [6.07, 6.45) is 1.38. The lowest BCUT2D eigenvalue weighted by molar-refractivity contribution is -0.384. The topological polar surface area (TPSA) is 109 Å². The Hall–Kier alpha value is -2.94. The van der Waals surface area contributed by atoms with Crippen molar-refractivity contribution in [1.82, 2.24) is 10.9 Å².